The normalized spacial score (nSPS) is 16.1. The molecule has 2 amide bonds. The Labute approximate surface area is 168 Å². The number of anilines is 2. The monoisotopic (exact) mass is 398 g/mol. The molecule has 0 saturated heterocycles. The highest BCUT2D eigenvalue weighted by Crippen LogP contribution is 2.37. The Morgan fingerprint density at radius 1 is 1.18 bits per heavy atom. The highest BCUT2D eigenvalue weighted by Gasteiger charge is 2.27. The number of fused-ring (bicyclic) bond motifs is 1. The molecule has 6 nitrogen and oxygen atoms in total. The Balaban J connectivity index is 1.70. The predicted octanol–water partition coefficient (Wildman–Crippen LogP) is 3.72. The molecule has 0 spiro atoms. The van der Waals surface area contributed by atoms with Gasteiger partial charge in [-0.05, 0) is 43.3 Å². The zero-order valence-corrected chi connectivity index (χ0v) is 16.6. The third kappa shape index (κ3) is 4.72. The lowest BCUT2D eigenvalue weighted by molar-refractivity contribution is -0.121. The number of carbonyl (C=O) groups is 3. The van der Waals surface area contributed by atoms with Crippen molar-refractivity contribution in [2.24, 2.45) is 0 Å². The quantitative estimate of drug-likeness (QED) is 0.777. The molecule has 1 N–H and O–H groups in total. The average Bonchev–Trinajstić information content (AvgIpc) is 2.78. The molecule has 0 saturated carbocycles. The highest BCUT2D eigenvalue weighted by molar-refractivity contribution is 8.00. The van der Waals surface area contributed by atoms with Gasteiger partial charge in [-0.1, -0.05) is 19.1 Å². The molecule has 1 aliphatic rings. The number of hydrogen-bond donors (Lipinski definition) is 1. The first-order valence-corrected chi connectivity index (χ1v) is 9.99. The fraction of sp³-hybridized carbons (Fsp3) is 0.286. The van der Waals surface area contributed by atoms with E-state index >= 15 is 0 Å². The van der Waals surface area contributed by atoms with Crippen LogP contribution in [0.15, 0.2) is 53.4 Å². The van der Waals surface area contributed by atoms with Crippen LogP contribution in [0, 0.1) is 0 Å². The fourth-order valence-electron chi connectivity index (χ4n) is 2.95. The maximum absolute atomic E-state index is 12.6. The van der Waals surface area contributed by atoms with E-state index < -0.39 is 5.97 Å². The van der Waals surface area contributed by atoms with Crippen molar-refractivity contribution in [3.8, 4) is 0 Å². The molecule has 0 aliphatic carbocycles. The van der Waals surface area contributed by atoms with Gasteiger partial charge in [0, 0.05) is 22.3 Å². The van der Waals surface area contributed by atoms with Crippen molar-refractivity contribution in [3.63, 3.8) is 0 Å². The van der Waals surface area contributed by atoms with Crippen LogP contribution in [-0.2, 0) is 14.3 Å². The van der Waals surface area contributed by atoms with Gasteiger partial charge in [-0.25, -0.2) is 4.79 Å². The van der Waals surface area contributed by atoms with Gasteiger partial charge in [0.15, 0.2) is 0 Å². The van der Waals surface area contributed by atoms with Gasteiger partial charge in [0.1, 0.15) is 6.54 Å². The van der Waals surface area contributed by atoms with Gasteiger partial charge < -0.3 is 15.0 Å². The van der Waals surface area contributed by atoms with E-state index in [1.54, 1.807) is 43.0 Å². The molecule has 2 aromatic carbocycles. The molecule has 3 rings (SSSR count). The molecule has 28 heavy (non-hydrogen) atoms. The first-order chi connectivity index (χ1) is 13.5. The number of nitrogens with one attached hydrogen (secondary N) is 1. The lowest BCUT2D eigenvalue weighted by Gasteiger charge is -2.22. The van der Waals surface area contributed by atoms with E-state index in [9.17, 15) is 14.4 Å². The van der Waals surface area contributed by atoms with E-state index in [0.29, 0.717) is 24.3 Å². The fourth-order valence-corrected chi connectivity index (χ4v) is 4.07. The third-order valence-corrected chi connectivity index (χ3v) is 5.40. The molecular formula is C21H22N2O4S. The van der Waals surface area contributed by atoms with E-state index in [1.165, 1.54) is 4.90 Å². The first-order valence-electron chi connectivity index (χ1n) is 9.11. The summed E-state index contributed by atoms with van der Waals surface area (Å²) in [5.41, 5.74) is 1.73. The molecule has 146 valence electrons. The number of para-hydroxylation sites is 1. The molecular weight excluding hydrogens is 376 g/mol. The Hall–Kier alpha value is -2.80. The number of nitrogens with zero attached hydrogens (tertiary/aromatic N) is 1. The average molecular weight is 398 g/mol. The second-order valence-corrected chi connectivity index (χ2v) is 7.91. The third-order valence-electron chi connectivity index (χ3n) is 4.23. The van der Waals surface area contributed by atoms with E-state index in [-0.39, 0.29) is 23.6 Å². The van der Waals surface area contributed by atoms with Gasteiger partial charge >= 0.3 is 5.97 Å². The van der Waals surface area contributed by atoms with Crippen LogP contribution in [0.3, 0.4) is 0 Å². The number of hydrogen-bond acceptors (Lipinski definition) is 5. The number of thioether (sulfide) groups is 1. The maximum Gasteiger partial charge on any atom is 0.338 e. The summed E-state index contributed by atoms with van der Waals surface area (Å²) in [6, 6.07) is 14.1. The van der Waals surface area contributed by atoms with E-state index in [1.807, 2.05) is 31.2 Å². The number of benzene rings is 2. The Kier molecular flexibility index (Phi) is 6.36. The largest absolute Gasteiger partial charge is 0.462 e. The number of esters is 1. The van der Waals surface area contributed by atoms with Crippen molar-refractivity contribution in [2.45, 2.75) is 30.4 Å². The van der Waals surface area contributed by atoms with Crippen LogP contribution >= 0.6 is 11.8 Å². The van der Waals surface area contributed by atoms with Crippen LogP contribution in [-0.4, -0.2) is 36.2 Å². The summed E-state index contributed by atoms with van der Waals surface area (Å²) in [5, 5.41) is 2.93. The van der Waals surface area contributed by atoms with E-state index in [2.05, 4.69) is 5.32 Å². The molecule has 1 heterocycles. The number of carbonyl (C=O) groups excluding carboxylic acids is 3. The topological polar surface area (TPSA) is 75.7 Å². The van der Waals surface area contributed by atoms with Gasteiger partial charge in [-0.3, -0.25) is 9.59 Å². The maximum atomic E-state index is 12.6. The second-order valence-electron chi connectivity index (χ2n) is 6.43. The number of rotatable bonds is 5. The van der Waals surface area contributed by atoms with Crippen LogP contribution in [0.5, 0.6) is 0 Å². The Morgan fingerprint density at radius 3 is 2.61 bits per heavy atom. The molecule has 0 aromatic heterocycles. The molecule has 1 atom stereocenters. The smallest absolute Gasteiger partial charge is 0.338 e. The molecule has 0 radical (unpaired) electrons. The van der Waals surface area contributed by atoms with Crippen LogP contribution in [0.4, 0.5) is 11.4 Å². The standard InChI is InChI=1S/C21H22N2O4S/c1-3-27-21(26)15-8-10-16(11-9-15)22-19(24)13-23-17-6-4-5-7-18(17)28-14(2)12-20(23)25/h4-11,14H,3,12-13H2,1-2H3,(H,22,24)/t14-/m0/s1. The van der Waals surface area contributed by atoms with Crippen LogP contribution in [0.1, 0.15) is 30.6 Å². The van der Waals surface area contributed by atoms with Gasteiger partial charge in [0.05, 0.1) is 17.9 Å². The van der Waals surface area contributed by atoms with Crippen molar-refractivity contribution in [2.75, 3.05) is 23.4 Å². The van der Waals surface area contributed by atoms with Crippen molar-refractivity contribution < 1.29 is 19.1 Å². The van der Waals surface area contributed by atoms with Gasteiger partial charge in [-0.2, -0.15) is 0 Å². The van der Waals surface area contributed by atoms with Crippen molar-refractivity contribution in [1.82, 2.24) is 0 Å². The van der Waals surface area contributed by atoms with Crippen molar-refractivity contribution in [3.05, 3.63) is 54.1 Å². The summed E-state index contributed by atoms with van der Waals surface area (Å²) in [6.07, 6.45) is 0.376. The van der Waals surface area contributed by atoms with Crippen LogP contribution in [0.25, 0.3) is 0 Å². The summed E-state index contributed by atoms with van der Waals surface area (Å²) < 4.78 is 4.94. The van der Waals surface area contributed by atoms with Crippen LogP contribution in [0.2, 0.25) is 0 Å². The number of ether oxygens (including phenoxy) is 1. The van der Waals surface area contributed by atoms with E-state index in [4.69, 9.17) is 4.74 Å². The molecule has 0 fully saturated rings. The minimum Gasteiger partial charge on any atom is -0.462 e. The minimum absolute atomic E-state index is 0.0667. The van der Waals surface area contributed by atoms with Gasteiger partial charge in [-0.15, -0.1) is 11.8 Å². The van der Waals surface area contributed by atoms with Crippen molar-refractivity contribution >= 4 is 40.9 Å². The zero-order valence-electron chi connectivity index (χ0n) is 15.8. The van der Waals surface area contributed by atoms with E-state index in [0.717, 1.165) is 10.6 Å². The van der Waals surface area contributed by atoms with Gasteiger partial charge in [0.25, 0.3) is 0 Å². The SMILES string of the molecule is CCOC(=O)c1ccc(NC(=O)CN2C(=O)C[C@H](C)Sc3ccccc32)cc1. The number of amides is 2. The minimum atomic E-state index is -0.404. The predicted molar refractivity (Wildman–Crippen MR) is 110 cm³/mol. The van der Waals surface area contributed by atoms with Crippen molar-refractivity contribution in [1.29, 1.82) is 0 Å². The van der Waals surface area contributed by atoms with Gasteiger partial charge in [0.2, 0.25) is 11.8 Å². The summed E-state index contributed by atoms with van der Waals surface area (Å²) in [5.74, 6) is -0.775. The molecule has 1 aliphatic heterocycles. The Bertz CT molecular complexity index is 882. The first kappa shape index (κ1) is 19.9. The molecule has 2 aromatic rings. The lowest BCUT2D eigenvalue weighted by Crippen LogP contribution is -2.38. The summed E-state index contributed by atoms with van der Waals surface area (Å²) in [4.78, 5) is 39.4. The Morgan fingerprint density at radius 2 is 1.89 bits per heavy atom. The molecule has 7 heteroatoms. The highest BCUT2D eigenvalue weighted by atomic mass is 32.2. The summed E-state index contributed by atoms with van der Waals surface area (Å²) in [6.45, 7) is 3.99. The van der Waals surface area contributed by atoms with Crippen LogP contribution < -0.4 is 10.2 Å². The molecule has 0 bridgehead atoms. The molecule has 0 unspecified atom stereocenters. The second kappa shape index (κ2) is 8.93. The lowest BCUT2D eigenvalue weighted by atomic mass is 10.2. The summed E-state index contributed by atoms with van der Waals surface area (Å²) >= 11 is 1.64. The zero-order chi connectivity index (χ0) is 20.1. The summed E-state index contributed by atoms with van der Waals surface area (Å²) in [7, 11) is 0.